The van der Waals surface area contributed by atoms with Gasteiger partial charge >= 0.3 is 0 Å². The number of rotatable bonds is 2. The Morgan fingerprint density at radius 2 is 1.85 bits per heavy atom. The lowest BCUT2D eigenvalue weighted by molar-refractivity contribution is 0.103. The summed E-state index contributed by atoms with van der Waals surface area (Å²) in [6.07, 6.45) is 0. The third-order valence-corrected chi connectivity index (χ3v) is 4.06. The summed E-state index contributed by atoms with van der Waals surface area (Å²) in [5.41, 5.74) is 4.41. The zero-order valence-corrected chi connectivity index (χ0v) is 12.9. The molecule has 0 spiro atoms. The van der Waals surface area contributed by atoms with Crippen molar-refractivity contribution in [2.24, 2.45) is 0 Å². The van der Waals surface area contributed by atoms with Crippen molar-refractivity contribution in [3.63, 3.8) is 0 Å². The average molecular weight is 328 g/mol. The number of aromatic nitrogens is 1. The number of halogens is 1. The van der Waals surface area contributed by atoms with Crippen molar-refractivity contribution in [2.45, 2.75) is 13.8 Å². The van der Waals surface area contributed by atoms with Crippen molar-refractivity contribution >= 4 is 32.6 Å². The van der Waals surface area contributed by atoms with Crippen LogP contribution in [0.5, 0.6) is 0 Å². The number of hydrogen-bond acceptors (Lipinski definition) is 1. The number of fused-ring (bicyclic) bond motifs is 1. The molecule has 0 unspecified atom stereocenters. The fourth-order valence-electron chi connectivity index (χ4n) is 2.54. The number of nitrogens with one attached hydrogen (secondary N) is 1. The van der Waals surface area contributed by atoms with Gasteiger partial charge in [-0.05, 0) is 37.6 Å². The molecule has 0 saturated heterocycles. The average Bonchev–Trinajstić information content (AvgIpc) is 2.76. The van der Waals surface area contributed by atoms with Crippen LogP contribution < -0.4 is 0 Å². The minimum absolute atomic E-state index is 0.0683. The van der Waals surface area contributed by atoms with Gasteiger partial charge in [0, 0.05) is 26.6 Å². The van der Waals surface area contributed by atoms with Crippen molar-refractivity contribution in [1.29, 1.82) is 0 Å². The van der Waals surface area contributed by atoms with Crippen LogP contribution in [0, 0.1) is 13.8 Å². The van der Waals surface area contributed by atoms with Crippen LogP contribution in [-0.4, -0.2) is 10.8 Å². The van der Waals surface area contributed by atoms with Crippen molar-refractivity contribution in [1.82, 2.24) is 4.98 Å². The molecular weight excluding hydrogens is 314 g/mol. The number of carbonyl (C=O) groups excluding carboxylic acids is 1. The predicted octanol–water partition coefficient (Wildman–Crippen LogP) is 4.78. The molecule has 3 heteroatoms. The maximum absolute atomic E-state index is 12.9. The summed E-state index contributed by atoms with van der Waals surface area (Å²) in [6.45, 7) is 3.91. The second kappa shape index (κ2) is 4.91. The summed E-state index contributed by atoms with van der Waals surface area (Å²) < 4.78 is 0.920. The number of para-hydroxylation sites is 1. The van der Waals surface area contributed by atoms with Crippen LogP contribution in [0.2, 0.25) is 0 Å². The number of H-pyrrole nitrogens is 1. The normalized spacial score (nSPS) is 10.9. The van der Waals surface area contributed by atoms with Gasteiger partial charge in [0.1, 0.15) is 0 Å². The first-order valence-corrected chi connectivity index (χ1v) is 7.25. The molecule has 0 aliphatic carbocycles. The molecule has 20 heavy (non-hydrogen) atoms. The van der Waals surface area contributed by atoms with E-state index in [2.05, 4.69) is 20.9 Å². The highest BCUT2D eigenvalue weighted by Crippen LogP contribution is 2.26. The second-order valence-electron chi connectivity index (χ2n) is 4.96. The second-order valence-corrected chi connectivity index (χ2v) is 5.87. The van der Waals surface area contributed by atoms with Gasteiger partial charge < -0.3 is 4.98 Å². The van der Waals surface area contributed by atoms with Crippen LogP contribution in [0.1, 0.15) is 27.2 Å². The summed E-state index contributed by atoms with van der Waals surface area (Å²) in [5.74, 6) is 0.0683. The van der Waals surface area contributed by atoms with E-state index in [0.29, 0.717) is 0 Å². The molecule has 0 aliphatic heterocycles. The Morgan fingerprint density at radius 1 is 1.10 bits per heavy atom. The van der Waals surface area contributed by atoms with E-state index in [1.165, 1.54) is 0 Å². The summed E-state index contributed by atoms with van der Waals surface area (Å²) in [4.78, 5) is 16.2. The third-order valence-electron chi connectivity index (χ3n) is 3.56. The van der Waals surface area contributed by atoms with E-state index in [9.17, 15) is 4.79 Å². The summed E-state index contributed by atoms with van der Waals surface area (Å²) in [7, 11) is 0. The third kappa shape index (κ3) is 2.08. The molecule has 0 radical (unpaired) electrons. The Labute approximate surface area is 126 Å². The standard InChI is InChI=1S/C17H14BrNO/c1-10-7-8-12(18)9-14(10)17(20)16-11(2)19-15-6-4-3-5-13(15)16/h3-9,19H,1-2H3. The van der Waals surface area contributed by atoms with Crippen LogP contribution in [0.15, 0.2) is 46.9 Å². The summed E-state index contributed by atoms with van der Waals surface area (Å²) in [5, 5.41) is 0.981. The van der Waals surface area contributed by atoms with E-state index in [0.717, 1.165) is 37.8 Å². The number of hydrogen-bond donors (Lipinski definition) is 1. The molecule has 1 N–H and O–H groups in total. The highest BCUT2D eigenvalue weighted by molar-refractivity contribution is 9.10. The van der Waals surface area contributed by atoms with Crippen LogP contribution in [-0.2, 0) is 0 Å². The molecule has 2 aromatic carbocycles. The quantitative estimate of drug-likeness (QED) is 0.675. The first-order chi connectivity index (χ1) is 9.58. The van der Waals surface area contributed by atoms with Crippen LogP contribution in [0.4, 0.5) is 0 Å². The summed E-state index contributed by atoms with van der Waals surface area (Å²) in [6, 6.07) is 13.7. The molecule has 0 atom stereocenters. The zero-order chi connectivity index (χ0) is 14.3. The maximum Gasteiger partial charge on any atom is 0.195 e. The van der Waals surface area contributed by atoms with Crippen molar-refractivity contribution in [2.75, 3.05) is 0 Å². The number of carbonyl (C=O) groups is 1. The predicted molar refractivity (Wildman–Crippen MR) is 85.3 cm³/mol. The van der Waals surface area contributed by atoms with Gasteiger partial charge in [-0.15, -0.1) is 0 Å². The largest absolute Gasteiger partial charge is 0.358 e. The molecule has 0 bridgehead atoms. The van der Waals surface area contributed by atoms with Gasteiger partial charge in [0.15, 0.2) is 5.78 Å². The van der Waals surface area contributed by atoms with E-state index in [1.807, 2.05) is 56.3 Å². The molecule has 100 valence electrons. The molecule has 1 aromatic heterocycles. The molecule has 2 nitrogen and oxygen atoms in total. The fourth-order valence-corrected chi connectivity index (χ4v) is 2.90. The SMILES string of the molecule is Cc1ccc(Br)cc1C(=O)c1c(C)[nH]c2ccccc12. The Hall–Kier alpha value is -1.87. The van der Waals surface area contributed by atoms with Crippen LogP contribution >= 0.6 is 15.9 Å². The van der Waals surface area contributed by atoms with Gasteiger partial charge in [0.25, 0.3) is 0 Å². The van der Waals surface area contributed by atoms with Gasteiger partial charge in [0.05, 0.1) is 5.56 Å². The van der Waals surface area contributed by atoms with Gasteiger partial charge in [-0.1, -0.05) is 40.2 Å². The van der Waals surface area contributed by atoms with Crippen molar-refractivity contribution in [3.8, 4) is 0 Å². The smallest absolute Gasteiger partial charge is 0.195 e. The lowest BCUT2D eigenvalue weighted by Crippen LogP contribution is -2.04. The van der Waals surface area contributed by atoms with Crippen LogP contribution in [0.25, 0.3) is 10.9 Å². The minimum atomic E-state index is 0.0683. The van der Waals surface area contributed by atoms with E-state index in [-0.39, 0.29) is 5.78 Å². The topological polar surface area (TPSA) is 32.9 Å². The van der Waals surface area contributed by atoms with E-state index in [4.69, 9.17) is 0 Å². The maximum atomic E-state index is 12.9. The number of benzene rings is 2. The first kappa shape index (κ1) is 13.1. The Balaban J connectivity index is 2.22. The van der Waals surface area contributed by atoms with Gasteiger partial charge in [-0.3, -0.25) is 4.79 Å². The van der Waals surface area contributed by atoms with Gasteiger partial charge in [-0.2, -0.15) is 0 Å². The van der Waals surface area contributed by atoms with E-state index < -0.39 is 0 Å². The Morgan fingerprint density at radius 3 is 2.65 bits per heavy atom. The van der Waals surface area contributed by atoms with Gasteiger partial charge in [0.2, 0.25) is 0 Å². The highest BCUT2D eigenvalue weighted by Gasteiger charge is 2.19. The fraction of sp³-hybridized carbons (Fsp3) is 0.118. The molecule has 0 saturated carbocycles. The zero-order valence-electron chi connectivity index (χ0n) is 11.3. The molecule has 0 fully saturated rings. The summed E-state index contributed by atoms with van der Waals surface area (Å²) >= 11 is 3.44. The number of aryl methyl sites for hydroxylation is 2. The highest BCUT2D eigenvalue weighted by atomic mass is 79.9. The molecule has 0 amide bonds. The van der Waals surface area contributed by atoms with E-state index >= 15 is 0 Å². The number of ketones is 1. The number of aromatic amines is 1. The molecule has 3 rings (SSSR count). The van der Waals surface area contributed by atoms with Gasteiger partial charge in [-0.25, -0.2) is 0 Å². The molecule has 1 heterocycles. The van der Waals surface area contributed by atoms with Crippen molar-refractivity contribution < 1.29 is 4.79 Å². The monoisotopic (exact) mass is 327 g/mol. The minimum Gasteiger partial charge on any atom is -0.358 e. The Bertz CT molecular complexity index is 817. The van der Waals surface area contributed by atoms with E-state index in [1.54, 1.807) is 0 Å². The molecule has 0 aliphatic rings. The molecule has 3 aromatic rings. The first-order valence-electron chi connectivity index (χ1n) is 6.46. The lowest BCUT2D eigenvalue weighted by Gasteiger charge is -2.06. The van der Waals surface area contributed by atoms with Crippen LogP contribution in [0.3, 0.4) is 0 Å². The van der Waals surface area contributed by atoms with Crippen molar-refractivity contribution in [3.05, 3.63) is 69.3 Å². The lowest BCUT2D eigenvalue weighted by atomic mass is 9.97. The molecular formula is C17H14BrNO. The Kier molecular flexibility index (Phi) is 3.22.